The highest BCUT2D eigenvalue weighted by Gasteiger charge is 2.31. The Balaban J connectivity index is 1.92. The molecular formula is C16H10Br2O3. The molecule has 21 heavy (non-hydrogen) atoms. The van der Waals surface area contributed by atoms with Gasteiger partial charge in [-0.2, -0.15) is 0 Å². The quantitative estimate of drug-likeness (QED) is 0.585. The van der Waals surface area contributed by atoms with E-state index in [-0.39, 0.29) is 5.78 Å². The minimum atomic E-state index is -0.425. The van der Waals surface area contributed by atoms with E-state index >= 15 is 0 Å². The summed E-state index contributed by atoms with van der Waals surface area (Å²) in [5.74, 6) is 2.08. The lowest BCUT2D eigenvalue weighted by molar-refractivity contribution is 0.0991. The molecule has 3 nitrogen and oxygen atoms in total. The fraction of sp³-hybridized carbons (Fsp3) is 0.188. The maximum absolute atomic E-state index is 12.7. The maximum atomic E-state index is 12.7. The number of hydrogen-bond donors (Lipinski definition) is 0. The average Bonchev–Trinajstić information content (AvgIpc) is 2.90. The van der Waals surface area contributed by atoms with Gasteiger partial charge in [0.15, 0.2) is 5.78 Å². The van der Waals surface area contributed by atoms with Crippen molar-refractivity contribution in [3.8, 4) is 17.2 Å². The zero-order chi connectivity index (χ0) is 14.6. The van der Waals surface area contributed by atoms with Crippen molar-refractivity contribution < 1.29 is 14.3 Å². The van der Waals surface area contributed by atoms with E-state index in [1.54, 1.807) is 6.07 Å². The molecular weight excluding hydrogens is 400 g/mol. The van der Waals surface area contributed by atoms with Crippen LogP contribution in [0.15, 0.2) is 34.8 Å². The van der Waals surface area contributed by atoms with Gasteiger partial charge >= 0.3 is 0 Å². The van der Waals surface area contributed by atoms with Crippen LogP contribution >= 0.6 is 31.9 Å². The van der Waals surface area contributed by atoms with Crippen LogP contribution in [0.1, 0.15) is 26.3 Å². The van der Waals surface area contributed by atoms with Gasteiger partial charge in [0, 0.05) is 22.0 Å². The Labute approximate surface area is 138 Å². The van der Waals surface area contributed by atoms with E-state index in [0.29, 0.717) is 23.7 Å². The van der Waals surface area contributed by atoms with Crippen LogP contribution in [0.25, 0.3) is 0 Å². The van der Waals surface area contributed by atoms with Gasteiger partial charge < -0.3 is 9.47 Å². The summed E-state index contributed by atoms with van der Waals surface area (Å²) in [5, 5.41) is 0. The SMILES string of the molecule is O=C1c2cc3c(cc2Oc2ccc(Br)cc2C1Br)CCO3. The second-order valence-corrected chi connectivity index (χ2v) is 6.90. The molecule has 1 atom stereocenters. The van der Waals surface area contributed by atoms with Crippen molar-refractivity contribution in [2.75, 3.05) is 6.61 Å². The Morgan fingerprint density at radius 1 is 1.10 bits per heavy atom. The van der Waals surface area contributed by atoms with Gasteiger partial charge in [-0.15, -0.1) is 0 Å². The molecule has 0 spiro atoms. The summed E-state index contributed by atoms with van der Waals surface area (Å²) in [6.45, 7) is 0.660. The van der Waals surface area contributed by atoms with Crippen LogP contribution in [-0.2, 0) is 6.42 Å². The van der Waals surface area contributed by atoms with Gasteiger partial charge in [0.2, 0.25) is 0 Å². The minimum absolute atomic E-state index is 0.0137. The van der Waals surface area contributed by atoms with Crippen LogP contribution in [0.5, 0.6) is 17.2 Å². The summed E-state index contributed by atoms with van der Waals surface area (Å²) < 4.78 is 12.5. The molecule has 2 aromatic rings. The molecule has 2 aliphatic rings. The molecule has 0 saturated heterocycles. The van der Waals surface area contributed by atoms with E-state index in [1.165, 1.54) is 0 Å². The molecule has 4 rings (SSSR count). The topological polar surface area (TPSA) is 35.5 Å². The Morgan fingerprint density at radius 3 is 2.81 bits per heavy atom. The number of benzene rings is 2. The lowest BCUT2D eigenvalue weighted by Gasteiger charge is -2.10. The first-order valence-electron chi connectivity index (χ1n) is 6.59. The minimum Gasteiger partial charge on any atom is -0.493 e. The van der Waals surface area contributed by atoms with Crippen molar-refractivity contribution >= 4 is 37.6 Å². The third-order valence-corrected chi connectivity index (χ3v) is 5.15. The van der Waals surface area contributed by atoms with E-state index in [0.717, 1.165) is 27.8 Å². The molecule has 0 amide bonds. The van der Waals surface area contributed by atoms with E-state index < -0.39 is 4.83 Å². The third kappa shape index (κ3) is 2.10. The number of Topliss-reactive ketones (excluding diaryl/α,β-unsaturated/α-hetero) is 1. The summed E-state index contributed by atoms with van der Waals surface area (Å²) in [5.41, 5.74) is 2.48. The summed E-state index contributed by atoms with van der Waals surface area (Å²) in [4.78, 5) is 12.3. The van der Waals surface area contributed by atoms with Crippen molar-refractivity contribution in [1.29, 1.82) is 0 Å². The number of ether oxygens (including phenoxy) is 2. The summed E-state index contributed by atoms with van der Waals surface area (Å²) in [7, 11) is 0. The van der Waals surface area contributed by atoms with Crippen molar-refractivity contribution in [3.05, 3.63) is 51.5 Å². The highest BCUT2D eigenvalue weighted by molar-refractivity contribution is 9.10. The molecule has 0 radical (unpaired) electrons. The standard InChI is InChI=1S/C16H10Br2O3/c17-9-1-2-12-10(6-9)15(18)16(19)11-7-13-8(3-4-20-13)5-14(11)21-12/h1-2,5-7,15H,3-4H2. The molecule has 5 heteroatoms. The second kappa shape index (κ2) is 4.85. The van der Waals surface area contributed by atoms with E-state index in [1.807, 2.05) is 24.3 Å². The van der Waals surface area contributed by atoms with Crippen LogP contribution in [-0.4, -0.2) is 12.4 Å². The lowest BCUT2D eigenvalue weighted by atomic mass is 10.0. The second-order valence-electron chi connectivity index (χ2n) is 5.07. The molecule has 2 aromatic carbocycles. The number of ketones is 1. The zero-order valence-corrected chi connectivity index (χ0v) is 14.0. The number of hydrogen-bond acceptors (Lipinski definition) is 3. The van der Waals surface area contributed by atoms with Crippen molar-refractivity contribution in [1.82, 2.24) is 0 Å². The van der Waals surface area contributed by atoms with Gasteiger partial charge in [-0.05, 0) is 30.3 Å². The van der Waals surface area contributed by atoms with Gasteiger partial charge in [-0.25, -0.2) is 0 Å². The normalized spacial score (nSPS) is 19.0. The number of alkyl halides is 1. The third-order valence-electron chi connectivity index (χ3n) is 3.75. The molecule has 1 unspecified atom stereocenters. The Bertz CT molecular complexity index is 770. The molecule has 0 bridgehead atoms. The molecule has 0 aliphatic carbocycles. The Hall–Kier alpha value is -1.33. The highest BCUT2D eigenvalue weighted by Crippen LogP contribution is 2.45. The first kappa shape index (κ1) is 13.3. The molecule has 0 saturated carbocycles. The van der Waals surface area contributed by atoms with Gasteiger partial charge in [0.1, 0.15) is 22.1 Å². The number of fused-ring (bicyclic) bond motifs is 3. The van der Waals surface area contributed by atoms with Crippen molar-refractivity contribution in [3.63, 3.8) is 0 Å². The van der Waals surface area contributed by atoms with Crippen molar-refractivity contribution in [2.45, 2.75) is 11.2 Å². The monoisotopic (exact) mass is 408 g/mol. The Kier molecular flexibility index (Phi) is 3.08. The zero-order valence-electron chi connectivity index (χ0n) is 10.9. The smallest absolute Gasteiger partial charge is 0.184 e. The van der Waals surface area contributed by atoms with E-state index in [9.17, 15) is 4.79 Å². The Morgan fingerprint density at radius 2 is 1.95 bits per heavy atom. The molecule has 106 valence electrons. The van der Waals surface area contributed by atoms with E-state index in [2.05, 4.69) is 31.9 Å². The van der Waals surface area contributed by atoms with Crippen LogP contribution in [0.4, 0.5) is 0 Å². The first-order chi connectivity index (χ1) is 10.1. The van der Waals surface area contributed by atoms with Gasteiger partial charge in [-0.3, -0.25) is 4.79 Å². The fourth-order valence-corrected chi connectivity index (χ4v) is 3.67. The van der Waals surface area contributed by atoms with Gasteiger partial charge in [0.05, 0.1) is 12.2 Å². The van der Waals surface area contributed by atoms with Crippen LogP contribution in [0.3, 0.4) is 0 Å². The van der Waals surface area contributed by atoms with Crippen LogP contribution in [0.2, 0.25) is 0 Å². The molecule has 0 fully saturated rings. The maximum Gasteiger partial charge on any atom is 0.184 e. The summed E-state index contributed by atoms with van der Waals surface area (Å²) in [6, 6.07) is 9.41. The number of halogens is 2. The first-order valence-corrected chi connectivity index (χ1v) is 8.29. The summed E-state index contributed by atoms with van der Waals surface area (Å²) in [6.07, 6.45) is 0.852. The van der Waals surface area contributed by atoms with E-state index in [4.69, 9.17) is 9.47 Å². The van der Waals surface area contributed by atoms with Crippen LogP contribution < -0.4 is 9.47 Å². The number of carbonyl (C=O) groups is 1. The highest BCUT2D eigenvalue weighted by atomic mass is 79.9. The van der Waals surface area contributed by atoms with Crippen molar-refractivity contribution in [2.24, 2.45) is 0 Å². The molecule has 0 aromatic heterocycles. The molecule has 0 N–H and O–H groups in total. The van der Waals surface area contributed by atoms with Crippen LogP contribution in [0, 0.1) is 0 Å². The number of rotatable bonds is 0. The largest absolute Gasteiger partial charge is 0.493 e. The van der Waals surface area contributed by atoms with Gasteiger partial charge in [-0.1, -0.05) is 31.9 Å². The lowest BCUT2D eigenvalue weighted by Crippen LogP contribution is -2.05. The molecule has 2 aliphatic heterocycles. The predicted octanol–water partition coefficient (Wildman–Crippen LogP) is 4.81. The fourth-order valence-electron chi connectivity index (χ4n) is 2.69. The van der Waals surface area contributed by atoms with Gasteiger partial charge in [0.25, 0.3) is 0 Å². The molecule has 2 heterocycles. The predicted molar refractivity (Wildman–Crippen MR) is 85.9 cm³/mol. The average molecular weight is 410 g/mol. The number of carbonyl (C=O) groups excluding carboxylic acids is 1. The summed E-state index contributed by atoms with van der Waals surface area (Å²) >= 11 is 6.93.